The molecule has 2 aliphatic rings. The second kappa shape index (κ2) is 11.4. The lowest BCUT2D eigenvalue weighted by Gasteiger charge is -2.40. The molecule has 2 aliphatic carbocycles. The predicted molar refractivity (Wildman–Crippen MR) is 148 cm³/mol. The van der Waals surface area contributed by atoms with E-state index in [2.05, 4.69) is 22.4 Å². The van der Waals surface area contributed by atoms with Gasteiger partial charge in [-0.15, -0.1) is 0 Å². The summed E-state index contributed by atoms with van der Waals surface area (Å²) in [7, 11) is 0. The number of anilines is 1. The first-order valence-electron chi connectivity index (χ1n) is 13.0. The number of nitrogens with zero attached hydrogens (tertiary/aromatic N) is 2. The van der Waals surface area contributed by atoms with Crippen molar-refractivity contribution in [3.63, 3.8) is 0 Å². The Morgan fingerprint density at radius 1 is 1.05 bits per heavy atom. The number of nitrogens with two attached hydrogens (primary N) is 1. The van der Waals surface area contributed by atoms with Crippen LogP contribution in [0.3, 0.4) is 0 Å². The maximum atomic E-state index is 13.0. The summed E-state index contributed by atoms with van der Waals surface area (Å²) in [6.45, 7) is 0.577. The molecule has 5 rings (SSSR count). The van der Waals surface area contributed by atoms with Gasteiger partial charge in [-0.25, -0.2) is 9.97 Å². The Morgan fingerprint density at radius 3 is 2.49 bits per heavy atom. The summed E-state index contributed by atoms with van der Waals surface area (Å²) in [5.74, 6) is 0.312. The molecule has 3 N–H and O–H groups in total. The van der Waals surface area contributed by atoms with Crippen LogP contribution in [0.5, 0.6) is 0 Å². The minimum atomic E-state index is -0.563. The van der Waals surface area contributed by atoms with E-state index < -0.39 is 5.54 Å². The Bertz CT molecular complexity index is 1250. The topological polar surface area (TPSA) is 90.1 Å². The van der Waals surface area contributed by atoms with Gasteiger partial charge in [0, 0.05) is 22.2 Å². The first-order valence-corrected chi connectivity index (χ1v) is 13.8. The van der Waals surface area contributed by atoms with Gasteiger partial charge in [-0.05, 0) is 87.1 Å². The number of hydrogen-bond acceptors (Lipinski definition) is 6. The molecule has 2 fully saturated rings. The maximum Gasteiger partial charge on any atom is 0.326 e. The molecule has 0 bridgehead atoms. The molecule has 0 saturated heterocycles. The van der Waals surface area contributed by atoms with Crippen molar-refractivity contribution < 1.29 is 9.53 Å². The first-order chi connectivity index (χ1) is 17.9. The monoisotopic (exact) mass is 538 g/mol. The molecule has 3 aromatic rings. The van der Waals surface area contributed by atoms with Gasteiger partial charge in [0.2, 0.25) is 0 Å². The van der Waals surface area contributed by atoms with Crippen molar-refractivity contribution >= 4 is 35.0 Å². The van der Waals surface area contributed by atoms with Crippen LogP contribution in [0, 0.1) is 0 Å². The van der Waals surface area contributed by atoms with Crippen molar-refractivity contribution in [1.29, 1.82) is 0 Å². The van der Waals surface area contributed by atoms with Crippen LogP contribution >= 0.6 is 23.2 Å². The van der Waals surface area contributed by atoms with Crippen LogP contribution < -0.4 is 11.1 Å². The fourth-order valence-electron chi connectivity index (χ4n) is 5.14. The zero-order valence-electron chi connectivity index (χ0n) is 20.8. The number of nitrogens with one attached hydrogen (secondary N) is 1. The lowest BCUT2D eigenvalue weighted by atomic mass is 9.76. The van der Waals surface area contributed by atoms with E-state index in [4.69, 9.17) is 38.7 Å². The fraction of sp³-hybridized carbons (Fsp3) is 0.414. The summed E-state index contributed by atoms with van der Waals surface area (Å²) in [5.41, 5.74) is 9.93. The summed E-state index contributed by atoms with van der Waals surface area (Å²) >= 11 is 12.7. The Hall–Kier alpha value is -2.67. The highest BCUT2D eigenvalue weighted by Gasteiger charge is 2.46. The zero-order chi connectivity index (χ0) is 25.8. The van der Waals surface area contributed by atoms with E-state index in [0.717, 1.165) is 67.3 Å². The molecule has 1 heterocycles. The van der Waals surface area contributed by atoms with Gasteiger partial charge in [0.1, 0.15) is 17.5 Å². The minimum Gasteiger partial charge on any atom is -0.461 e. The van der Waals surface area contributed by atoms with Crippen molar-refractivity contribution in [3.8, 4) is 11.3 Å². The first kappa shape index (κ1) is 26.0. The van der Waals surface area contributed by atoms with Crippen LogP contribution in [0.15, 0.2) is 48.7 Å². The molecular formula is C29H32Cl2N4O2. The van der Waals surface area contributed by atoms with Gasteiger partial charge < -0.3 is 10.5 Å². The van der Waals surface area contributed by atoms with Gasteiger partial charge in [-0.1, -0.05) is 47.5 Å². The minimum absolute atomic E-state index is 0.0855. The molecule has 0 spiro atoms. The van der Waals surface area contributed by atoms with Crippen molar-refractivity contribution in [2.75, 3.05) is 5.73 Å². The van der Waals surface area contributed by atoms with Gasteiger partial charge in [0.05, 0.1) is 17.6 Å². The predicted octanol–water partition coefficient (Wildman–Crippen LogP) is 6.32. The van der Waals surface area contributed by atoms with Gasteiger partial charge in [-0.2, -0.15) is 0 Å². The van der Waals surface area contributed by atoms with Crippen molar-refractivity contribution in [2.24, 2.45) is 0 Å². The molecule has 0 aliphatic heterocycles. The van der Waals surface area contributed by atoms with Gasteiger partial charge >= 0.3 is 5.97 Å². The quantitative estimate of drug-likeness (QED) is 0.310. The van der Waals surface area contributed by atoms with Gasteiger partial charge in [0.25, 0.3) is 0 Å². The van der Waals surface area contributed by atoms with Crippen LogP contribution in [0.4, 0.5) is 5.82 Å². The SMILES string of the molecule is Nc1ncc(-c2cccc(CNC3(C(=O)OC4CCCC4)CCC3)c2)nc1CCc1c(Cl)cccc1Cl. The van der Waals surface area contributed by atoms with Crippen LogP contribution in [-0.4, -0.2) is 27.6 Å². The molecule has 0 atom stereocenters. The number of carbonyl (C=O) groups excluding carboxylic acids is 1. The molecule has 8 heteroatoms. The average Bonchev–Trinajstić information content (AvgIpc) is 3.37. The molecule has 1 aromatic heterocycles. The Morgan fingerprint density at radius 2 is 1.78 bits per heavy atom. The Labute approximate surface area is 227 Å². The lowest BCUT2D eigenvalue weighted by Crippen LogP contribution is -2.58. The maximum absolute atomic E-state index is 13.0. The van der Waals surface area contributed by atoms with Gasteiger partial charge in [0.15, 0.2) is 0 Å². The number of halogens is 2. The van der Waals surface area contributed by atoms with E-state index in [0.29, 0.717) is 40.9 Å². The highest BCUT2D eigenvalue weighted by molar-refractivity contribution is 6.36. The summed E-state index contributed by atoms with van der Waals surface area (Å²) in [5, 5.41) is 4.78. The number of carbonyl (C=O) groups is 1. The third-order valence-electron chi connectivity index (χ3n) is 7.58. The standard InChI is InChI=1S/C29H32Cl2N4O2/c30-23-10-4-11-24(31)22(23)12-13-25-27(32)33-18-26(35-25)20-7-3-6-19(16-20)17-34-29(14-5-15-29)28(36)37-21-8-1-2-9-21/h3-4,6-7,10-11,16,18,21,34H,1-2,5,8-9,12-15,17H2,(H2,32,33). The van der Waals surface area contributed by atoms with Crippen LogP contribution in [0.25, 0.3) is 11.3 Å². The van der Waals surface area contributed by atoms with Gasteiger partial charge in [-0.3, -0.25) is 10.1 Å². The van der Waals surface area contributed by atoms with Crippen molar-refractivity contribution in [2.45, 2.75) is 76.0 Å². The smallest absolute Gasteiger partial charge is 0.326 e. The van der Waals surface area contributed by atoms with E-state index in [1.807, 2.05) is 30.3 Å². The molecule has 2 saturated carbocycles. The van der Waals surface area contributed by atoms with Crippen molar-refractivity contribution in [3.05, 3.63) is 75.5 Å². The number of rotatable bonds is 9. The summed E-state index contributed by atoms with van der Waals surface area (Å²) in [6, 6.07) is 13.6. The van der Waals surface area contributed by atoms with Crippen LogP contribution in [0.1, 0.15) is 61.8 Å². The molecular weight excluding hydrogens is 507 g/mol. The second-order valence-corrected chi connectivity index (χ2v) is 10.9. The number of ether oxygens (including phenoxy) is 1. The summed E-state index contributed by atoms with van der Waals surface area (Å²) in [4.78, 5) is 22.2. The molecule has 0 radical (unpaired) electrons. The van der Waals surface area contributed by atoms with Crippen LogP contribution in [-0.2, 0) is 28.9 Å². The van der Waals surface area contributed by atoms with Crippen LogP contribution in [0.2, 0.25) is 10.0 Å². The number of nitrogen functional groups attached to an aromatic ring is 1. The molecule has 37 heavy (non-hydrogen) atoms. The molecule has 194 valence electrons. The number of hydrogen-bond donors (Lipinski definition) is 2. The second-order valence-electron chi connectivity index (χ2n) is 10.1. The lowest BCUT2D eigenvalue weighted by molar-refractivity contribution is -0.161. The van der Waals surface area contributed by atoms with E-state index in [-0.39, 0.29) is 12.1 Å². The number of esters is 1. The number of aryl methyl sites for hydroxylation is 1. The molecule has 2 aromatic carbocycles. The molecule has 0 unspecified atom stereocenters. The number of aromatic nitrogens is 2. The Kier molecular flexibility index (Phi) is 7.98. The van der Waals surface area contributed by atoms with Crippen molar-refractivity contribution in [1.82, 2.24) is 15.3 Å². The molecule has 0 amide bonds. The highest BCUT2D eigenvalue weighted by Crippen LogP contribution is 2.35. The largest absolute Gasteiger partial charge is 0.461 e. The zero-order valence-corrected chi connectivity index (χ0v) is 22.3. The average molecular weight is 540 g/mol. The molecule has 6 nitrogen and oxygen atoms in total. The summed E-state index contributed by atoms with van der Waals surface area (Å²) in [6.07, 6.45) is 9.91. The van der Waals surface area contributed by atoms with E-state index in [1.165, 1.54) is 0 Å². The normalized spacial score (nSPS) is 16.9. The Balaban J connectivity index is 1.26. The fourth-order valence-corrected chi connectivity index (χ4v) is 5.73. The summed E-state index contributed by atoms with van der Waals surface area (Å²) < 4.78 is 5.85. The highest BCUT2D eigenvalue weighted by atomic mass is 35.5. The van der Waals surface area contributed by atoms with E-state index in [1.54, 1.807) is 6.20 Å². The third kappa shape index (κ3) is 5.92. The number of benzene rings is 2. The van der Waals surface area contributed by atoms with E-state index in [9.17, 15) is 4.79 Å². The van der Waals surface area contributed by atoms with E-state index >= 15 is 0 Å². The third-order valence-corrected chi connectivity index (χ3v) is 8.29.